The number of carbonyl (C=O) groups is 3. The molecule has 0 spiro atoms. The van der Waals surface area contributed by atoms with Crippen LogP contribution < -0.4 is 4.90 Å². The van der Waals surface area contributed by atoms with Crippen LogP contribution in [0.5, 0.6) is 0 Å². The van der Waals surface area contributed by atoms with Crippen LogP contribution in [0, 0.1) is 11.3 Å². The Morgan fingerprint density at radius 2 is 1.83 bits per heavy atom. The van der Waals surface area contributed by atoms with E-state index in [1.54, 1.807) is 6.92 Å². The van der Waals surface area contributed by atoms with Gasteiger partial charge in [-0.3, -0.25) is 9.69 Å². The highest BCUT2D eigenvalue weighted by Crippen LogP contribution is 2.42. The van der Waals surface area contributed by atoms with Gasteiger partial charge in [-0.2, -0.15) is 18.4 Å². The summed E-state index contributed by atoms with van der Waals surface area (Å²) in [7, 11) is 1.38. The number of hydrogen-bond acceptors (Lipinski definition) is 6. The molecule has 2 aliphatic heterocycles. The smallest absolute Gasteiger partial charge is 0.416 e. The van der Waals surface area contributed by atoms with Crippen LogP contribution in [-0.2, 0) is 15.7 Å². The Morgan fingerprint density at radius 3 is 2.44 bits per heavy atom. The molecule has 9 nitrogen and oxygen atoms in total. The van der Waals surface area contributed by atoms with Crippen LogP contribution in [-0.4, -0.2) is 65.7 Å². The summed E-state index contributed by atoms with van der Waals surface area (Å²) in [4.78, 5) is 44.6. The van der Waals surface area contributed by atoms with E-state index in [0.717, 1.165) is 21.9 Å². The maximum atomic E-state index is 13.8. The van der Waals surface area contributed by atoms with Crippen molar-refractivity contribution in [2.75, 3.05) is 31.6 Å². The number of likely N-dealkylation sites (N-methyl/N-ethyl adjacent to an activating group) is 1. The molecule has 2 aromatic carbocycles. The highest BCUT2D eigenvalue weighted by Gasteiger charge is 2.43. The first-order chi connectivity index (χ1) is 19.4. The van der Waals surface area contributed by atoms with Crippen LogP contribution in [0.15, 0.2) is 53.7 Å². The lowest BCUT2D eigenvalue weighted by Gasteiger charge is -2.41. The van der Waals surface area contributed by atoms with Crippen molar-refractivity contribution < 1.29 is 37.4 Å². The van der Waals surface area contributed by atoms with Crippen LogP contribution in [0.2, 0.25) is 0 Å². The molecule has 1 N–H and O–H groups in total. The van der Waals surface area contributed by atoms with Crippen molar-refractivity contribution in [1.29, 1.82) is 5.26 Å². The number of nitrogens with zero attached hydrogens (tertiary/aromatic N) is 4. The zero-order valence-electron chi connectivity index (χ0n) is 22.7. The first-order valence-electron chi connectivity index (χ1n) is 13.0. The molecule has 12 heteroatoms. The summed E-state index contributed by atoms with van der Waals surface area (Å²) in [6, 6.07) is 8.65. The number of esters is 1. The number of aliphatic hydroxyl groups excluding tert-OH is 1. The van der Waals surface area contributed by atoms with Gasteiger partial charge in [0.2, 0.25) is 0 Å². The Balaban J connectivity index is 1.90. The van der Waals surface area contributed by atoms with Crippen molar-refractivity contribution in [2.24, 2.45) is 0 Å². The van der Waals surface area contributed by atoms with Crippen molar-refractivity contribution >= 4 is 23.6 Å². The van der Waals surface area contributed by atoms with Gasteiger partial charge in [-0.25, -0.2) is 9.59 Å². The van der Waals surface area contributed by atoms with E-state index in [9.17, 15) is 37.9 Å². The molecule has 1 atom stereocenters. The average Bonchev–Trinajstić information content (AvgIpc) is 2.94. The number of rotatable bonds is 5. The average molecular weight is 571 g/mol. The number of allylic oxidation sites excluding steroid dienone is 1. The maximum absolute atomic E-state index is 13.8. The molecule has 0 radical (unpaired) electrons. The molecule has 0 aromatic heterocycles. The van der Waals surface area contributed by atoms with E-state index in [1.165, 1.54) is 49.2 Å². The number of anilines is 1. The minimum Gasteiger partial charge on any atom is -0.463 e. The third-order valence-electron chi connectivity index (χ3n) is 7.27. The molecule has 0 bridgehead atoms. The minimum atomic E-state index is -4.66. The van der Waals surface area contributed by atoms with Gasteiger partial charge in [0, 0.05) is 31.4 Å². The van der Waals surface area contributed by atoms with E-state index < -0.39 is 41.8 Å². The normalized spacial score (nSPS) is 18.4. The summed E-state index contributed by atoms with van der Waals surface area (Å²) in [6.07, 6.45) is -4.44. The second-order valence-electron chi connectivity index (χ2n) is 9.84. The number of nitriles is 1. The number of amides is 3. The fourth-order valence-corrected chi connectivity index (χ4v) is 5.17. The standard InChI is InChI=1S/C29H29F3N4O5/c1-4-41-27(39)24-17(2)36(20-7-5-6-19(15-20)29(30,31)32)28(40)34(3)25(24)22-9-8-18(16-33)14-23(22)26(38)35-12-10-21(37)11-13-35/h5-9,14-15,21,25,37H,4,10-13H2,1-3H3. The largest absolute Gasteiger partial charge is 0.463 e. The van der Waals surface area contributed by atoms with Crippen LogP contribution in [0.4, 0.5) is 23.7 Å². The Morgan fingerprint density at radius 1 is 1.15 bits per heavy atom. The zero-order chi connectivity index (χ0) is 30.1. The predicted octanol–water partition coefficient (Wildman–Crippen LogP) is 4.62. The fourth-order valence-electron chi connectivity index (χ4n) is 5.17. The topological polar surface area (TPSA) is 114 Å². The molecule has 0 saturated carbocycles. The monoisotopic (exact) mass is 570 g/mol. The van der Waals surface area contributed by atoms with Crippen molar-refractivity contribution in [3.63, 3.8) is 0 Å². The summed E-state index contributed by atoms with van der Waals surface area (Å²) in [5.74, 6) is -1.25. The fraction of sp³-hybridized carbons (Fsp3) is 0.379. The number of carbonyl (C=O) groups excluding carboxylic acids is 3. The molecule has 1 fully saturated rings. The second kappa shape index (κ2) is 11.6. The molecule has 3 amide bonds. The Kier molecular flexibility index (Phi) is 8.39. The molecule has 1 unspecified atom stereocenters. The molecule has 2 heterocycles. The molecule has 4 rings (SSSR count). The van der Waals surface area contributed by atoms with E-state index in [0.29, 0.717) is 12.8 Å². The summed E-state index contributed by atoms with van der Waals surface area (Å²) in [6.45, 7) is 3.56. The molecule has 216 valence electrons. The number of likely N-dealkylation sites (tertiary alicyclic amines) is 1. The molecule has 0 aliphatic carbocycles. The number of aliphatic hydroxyl groups is 1. The van der Waals surface area contributed by atoms with Gasteiger partial charge in [-0.1, -0.05) is 12.1 Å². The van der Waals surface area contributed by atoms with Gasteiger partial charge in [-0.15, -0.1) is 0 Å². The summed E-state index contributed by atoms with van der Waals surface area (Å²) >= 11 is 0. The number of alkyl halides is 3. The molecule has 41 heavy (non-hydrogen) atoms. The lowest BCUT2D eigenvalue weighted by atomic mass is 9.88. The quantitative estimate of drug-likeness (QED) is 0.525. The lowest BCUT2D eigenvalue weighted by molar-refractivity contribution is -0.139. The number of hydrogen-bond donors (Lipinski definition) is 1. The van der Waals surface area contributed by atoms with E-state index in [4.69, 9.17) is 4.74 Å². The van der Waals surface area contributed by atoms with Gasteiger partial charge < -0.3 is 19.6 Å². The van der Waals surface area contributed by atoms with Crippen LogP contribution in [0.3, 0.4) is 0 Å². The van der Waals surface area contributed by atoms with Crippen molar-refractivity contribution in [1.82, 2.24) is 9.80 Å². The molecular weight excluding hydrogens is 541 g/mol. The summed E-state index contributed by atoms with van der Waals surface area (Å²) in [5, 5.41) is 19.4. The summed E-state index contributed by atoms with van der Waals surface area (Å²) in [5.41, 5.74) is -0.543. The Labute approximate surface area is 235 Å². The van der Waals surface area contributed by atoms with Crippen molar-refractivity contribution in [2.45, 2.75) is 45.0 Å². The van der Waals surface area contributed by atoms with E-state index in [-0.39, 0.29) is 53.3 Å². The molecular formula is C29H29F3N4O5. The van der Waals surface area contributed by atoms with Gasteiger partial charge in [0.1, 0.15) is 0 Å². The first kappa shape index (κ1) is 29.6. The zero-order valence-corrected chi connectivity index (χ0v) is 22.7. The van der Waals surface area contributed by atoms with E-state index in [1.807, 2.05) is 6.07 Å². The Hall–Kier alpha value is -4.37. The van der Waals surface area contributed by atoms with Gasteiger partial charge >= 0.3 is 18.2 Å². The van der Waals surface area contributed by atoms with Gasteiger partial charge in [-0.05, 0) is 62.6 Å². The molecule has 1 saturated heterocycles. The highest BCUT2D eigenvalue weighted by molar-refractivity contribution is 6.04. The third kappa shape index (κ3) is 5.76. The number of halogens is 3. The van der Waals surface area contributed by atoms with Gasteiger partial charge in [0.25, 0.3) is 5.91 Å². The number of ether oxygens (including phenoxy) is 1. The SMILES string of the molecule is CCOC(=O)C1=C(C)N(c2cccc(C(F)(F)F)c2)C(=O)N(C)C1c1ccc(C#N)cc1C(=O)N1CCC(O)CC1. The summed E-state index contributed by atoms with van der Waals surface area (Å²) < 4.78 is 45.7. The van der Waals surface area contributed by atoms with Gasteiger partial charge in [0.05, 0.1) is 47.2 Å². The van der Waals surface area contributed by atoms with Crippen molar-refractivity contribution in [3.05, 3.63) is 76.0 Å². The van der Waals surface area contributed by atoms with E-state index >= 15 is 0 Å². The third-order valence-corrected chi connectivity index (χ3v) is 7.27. The minimum absolute atomic E-state index is 0.0151. The predicted molar refractivity (Wildman–Crippen MR) is 141 cm³/mol. The van der Waals surface area contributed by atoms with Crippen LogP contribution >= 0.6 is 0 Å². The Bertz CT molecular complexity index is 1440. The molecule has 2 aromatic rings. The number of urea groups is 1. The lowest BCUT2D eigenvalue weighted by Crippen LogP contribution is -2.49. The van der Waals surface area contributed by atoms with Crippen LogP contribution in [0.1, 0.15) is 59.8 Å². The highest BCUT2D eigenvalue weighted by atomic mass is 19.4. The number of benzene rings is 2. The van der Waals surface area contributed by atoms with E-state index in [2.05, 4.69) is 0 Å². The first-order valence-corrected chi connectivity index (χ1v) is 13.0. The van der Waals surface area contributed by atoms with Crippen molar-refractivity contribution in [3.8, 4) is 6.07 Å². The second-order valence-corrected chi connectivity index (χ2v) is 9.84. The molecule has 2 aliphatic rings. The number of piperidine rings is 1. The van der Waals surface area contributed by atoms with Crippen LogP contribution in [0.25, 0.3) is 0 Å². The van der Waals surface area contributed by atoms with Gasteiger partial charge in [0.15, 0.2) is 0 Å². The maximum Gasteiger partial charge on any atom is 0.416 e.